The highest BCUT2D eigenvalue weighted by atomic mass is 79.9. The number of hydrogen-bond donors (Lipinski definition) is 1. The molecule has 0 atom stereocenters. The van der Waals surface area contributed by atoms with Crippen LogP contribution in [0.15, 0.2) is 22.7 Å². The summed E-state index contributed by atoms with van der Waals surface area (Å²) in [6.07, 6.45) is -0.199. The minimum Gasteiger partial charge on any atom is -0.326 e. The first-order valence-electron chi connectivity index (χ1n) is 6.01. The highest BCUT2D eigenvalue weighted by molar-refractivity contribution is 9.10. The largest absolute Gasteiger partial charge is 0.326 e. The standard InChI is InChI=1S/C13H13BrF3NO/c14-10-2-1-9(7-11(10)15)18-12(19)8-3-5-13(16,17)6-4-8/h1-2,7-8H,3-6H2,(H,18,19). The van der Waals surface area contributed by atoms with Gasteiger partial charge in [0.05, 0.1) is 4.47 Å². The molecule has 0 bridgehead atoms. The summed E-state index contributed by atoms with van der Waals surface area (Å²) in [6.45, 7) is 0. The molecular formula is C13H13BrF3NO. The van der Waals surface area contributed by atoms with Gasteiger partial charge in [-0.05, 0) is 47.0 Å². The van der Waals surface area contributed by atoms with Crippen LogP contribution in [0.2, 0.25) is 0 Å². The van der Waals surface area contributed by atoms with Crippen molar-refractivity contribution >= 4 is 27.5 Å². The molecule has 2 rings (SSSR count). The molecule has 6 heteroatoms. The number of alkyl halides is 2. The fraction of sp³-hybridized carbons (Fsp3) is 0.462. The van der Waals surface area contributed by atoms with Crippen molar-refractivity contribution in [3.05, 3.63) is 28.5 Å². The van der Waals surface area contributed by atoms with Crippen molar-refractivity contribution in [2.24, 2.45) is 5.92 Å². The number of benzene rings is 1. The van der Waals surface area contributed by atoms with Crippen molar-refractivity contribution < 1.29 is 18.0 Å². The minimum absolute atomic E-state index is 0.165. The van der Waals surface area contributed by atoms with Crippen LogP contribution >= 0.6 is 15.9 Å². The molecular weight excluding hydrogens is 323 g/mol. The van der Waals surface area contributed by atoms with Crippen LogP contribution in [0.5, 0.6) is 0 Å². The van der Waals surface area contributed by atoms with Crippen LogP contribution in [-0.4, -0.2) is 11.8 Å². The number of anilines is 1. The first-order chi connectivity index (χ1) is 8.87. The first kappa shape index (κ1) is 14.4. The summed E-state index contributed by atoms with van der Waals surface area (Å²) in [5, 5.41) is 2.56. The third kappa shape index (κ3) is 3.72. The van der Waals surface area contributed by atoms with Crippen LogP contribution in [0, 0.1) is 11.7 Å². The van der Waals surface area contributed by atoms with Crippen LogP contribution < -0.4 is 5.32 Å². The Morgan fingerprint density at radius 2 is 1.95 bits per heavy atom. The van der Waals surface area contributed by atoms with Gasteiger partial charge in [-0.3, -0.25) is 4.79 Å². The Morgan fingerprint density at radius 1 is 1.32 bits per heavy atom. The molecule has 0 aromatic heterocycles. The summed E-state index contributed by atoms with van der Waals surface area (Å²) in [6, 6.07) is 4.24. The second-order valence-corrected chi connectivity index (χ2v) is 5.60. The van der Waals surface area contributed by atoms with Gasteiger partial charge < -0.3 is 5.32 Å². The lowest BCUT2D eigenvalue weighted by atomic mass is 9.86. The van der Waals surface area contributed by atoms with E-state index < -0.39 is 17.7 Å². The second kappa shape index (κ2) is 5.53. The SMILES string of the molecule is O=C(Nc1ccc(Br)c(F)c1)C1CCC(F)(F)CC1. The van der Waals surface area contributed by atoms with E-state index in [1.165, 1.54) is 12.1 Å². The van der Waals surface area contributed by atoms with E-state index in [4.69, 9.17) is 0 Å². The van der Waals surface area contributed by atoms with E-state index in [0.29, 0.717) is 10.2 Å². The van der Waals surface area contributed by atoms with Gasteiger partial charge in [0.25, 0.3) is 0 Å². The zero-order chi connectivity index (χ0) is 14.0. The number of rotatable bonds is 2. The molecule has 0 saturated heterocycles. The van der Waals surface area contributed by atoms with Crippen LogP contribution in [0.25, 0.3) is 0 Å². The number of amides is 1. The highest BCUT2D eigenvalue weighted by Crippen LogP contribution is 2.36. The zero-order valence-corrected chi connectivity index (χ0v) is 11.6. The Bertz CT molecular complexity index is 483. The van der Waals surface area contributed by atoms with Gasteiger partial charge >= 0.3 is 0 Å². The van der Waals surface area contributed by atoms with Gasteiger partial charge in [0.2, 0.25) is 11.8 Å². The summed E-state index contributed by atoms with van der Waals surface area (Å²) in [5.74, 6) is -3.88. The fourth-order valence-electron chi connectivity index (χ4n) is 2.12. The maximum Gasteiger partial charge on any atom is 0.248 e. The molecule has 104 valence electrons. The Labute approximate surface area is 117 Å². The molecule has 0 spiro atoms. The molecule has 1 amide bonds. The van der Waals surface area contributed by atoms with E-state index in [1.54, 1.807) is 6.07 Å². The van der Waals surface area contributed by atoms with E-state index in [1.807, 2.05) is 0 Å². The molecule has 2 nitrogen and oxygen atoms in total. The van der Waals surface area contributed by atoms with Gasteiger partial charge in [-0.1, -0.05) is 0 Å². The lowest BCUT2D eigenvalue weighted by molar-refractivity contribution is -0.124. The average molecular weight is 336 g/mol. The van der Waals surface area contributed by atoms with Crippen molar-refractivity contribution in [3.8, 4) is 0 Å². The molecule has 1 saturated carbocycles. The van der Waals surface area contributed by atoms with Gasteiger partial charge in [-0.15, -0.1) is 0 Å². The van der Waals surface area contributed by atoms with E-state index in [-0.39, 0.29) is 31.6 Å². The first-order valence-corrected chi connectivity index (χ1v) is 6.80. The number of carbonyl (C=O) groups excluding carboxylic acids is 1. The molecule has 1 aromatic rings. The maximum absolute atomic E-state index is 13.3. The van der Waals surface area contributed by atoms with E-state index in [0.717, 1.165) is 0 Å². The minimum atomic E-state index is -2.65. The smallest absolute Gasteiger partial charge is 0.248 e. The quantitative estimate of drug-likeness (QED) is 0.855. The number of halogens is 4. The van der Waals surface area contributed by atoms with Crippen molar-refractivity contribution in [2.75, 3.05) is 5.32 Å². The Hall–Kier alpha value is -1.04. The van der Waals surface area contributed by atoms with Crippen molar-refractivity contribution in [1.29, 1.82) is 0 Å². The van der Waals surface area contributed by atoms with Crippen LogP contribution in [0.3, 0.4) is 0 Å². The molecule has 1 aromatic carbocycles. The topological polar surface area (TPSA) is 29.1 Å². The van der Waals surface area contributed by atoms with Gasteiger partial charge in [0, 0.05) is 24.4 Å². The van der Waals surface area contributed by atoms with Gasteiger partial charge in [0.1, 0.15) is 5.82 Å². The van der Waals surface area contributed by atoms with E-state index >= 15 is 0 Å². The summed E-state index contributed by atoms with van der Waals surface area (Å²) in [4.78, 5) is 11.9. The Balaban J connectivity index is 1.96. The summed E-state index contributed by atoms with van der Waals surface area (Å²) >= 11 is 3.01. The normalized spacial score (nSPS) is 19.2. The zero-order valence-electron chi connectivity index (χ0n) is 10.1. The van der Waals surface area contributed by atoms with Gasteiger partial charge in [-0.25, -0.2) is 13.2 Å². The maximum atomic E-state index is 13.3. The third-order valence-electron chi connectivity index (χ3n) is 3.28. The lowest BCUT2D eigenvalue weighted by Gasteiger charge is -2.27. The molecule has 0 unspecified atom stereocenters. The molecule has 1 N–H and O–H groups in total. The van der Waals surface area contributed by atoms with Crippen LogP contribution in [0.4, 0.5) is 18.9 Å². The predicted octanol–water partition coefficient (Wildman–Crippen LogP) is 4.35. The summed E-state index contributed by atoms with van der Waals surface area (Å²) < 4.78 is 39.5. The molecule has 1 aliphatic carbocycles. The summed E-state index contributed by atoms with van der Waals surface area (Å²) in [7, 11) is 0. The Morgan fingerprint density at radius 3 is 2.53 bits per heavy atom. The highest BCUT2D eigenvalue weighted by Gasteiger charge is 2.37. The fourth-order valence-corrected chi connectivity index (χ4v) is 2.37. The van der Waals surface area contributed by atoms with Gasteiger partial charge in [0.15, 0.2) is 0 Å². The molecule has 0 heterocycles. The van der Waals surface area contributed by atoms with Crippen molar-refractivity contribution in [2.45, 2.75) is 31.6 Å². The van der Waals surface area contributed by atoms with Gasteiger partial charge in [-0.2, -0.15) is 0 Å². The van der Waals surface area contributed by atoms with E-state index in [2.05, 4.69) is 21.2 Å². The lowest BCUT2D eigenvalue weighted by Crippen LogP contribution is -2.31. The van der Waals surface area contributed by atoms with Crippen molar-refractivity contribution in [3.63, 3.8) is 0 Å². The monoisotopic (exact) mass is 335 g/mol. The summed E-state index contributed by atoms with van der Waals surface area (Å²) in [5.41, 5.74) is 0.336. The van der Waals surface area contributed by atoms with E-state index in [9.17, 15) is 18.0 Å². The van der Waals surface area contributed by atoms with Crippen LogP contribution in [0.1, 0.15) is 25.7 Å². The number of hydrogen-bond acceptors (Lipinski definition) is 1. The second-order valence-electron chi connectivity index (χ2n) is 4.75. The van der Waals surface area contributed by atoms with Crippen LogP contribution in [-0.2, 0) is 4.79 Å². The number of nitrogens with one attached hydrogen (secondary N) is 1. The molecule has 0 aliphatic heterocycles. The molecule has 0 radical (unpaired) electrons. The Kier molecular flexibility index (Phi) is 4.18. The molecule has 1 aliphatic rings. The number of carbonyl (C=O) groups is 1. The third-order valence-corrected chi connectivity index (χ3v) is 3.92. The predicted molar refractivity (Wildman–Crippen MR) is 69.6 cm³/mol. The molecule has 1 fully saturated rings. The molecule has 19 heavy (non-hydrogen) atoms. The van der Waals surface area contributed by atoms with Crippen molar-refractivity contribution in [1.82, 2.24) is 0 Å². The average Bonchev–Trinajstić information content (AvgIpc) is 2.33.